The molecular formula is C22H16F2N2O3. The molecule has 0 saturated carbocycles. The van der Waals surface area contributed by atoms with E-state index >= 15 is 0 Å². The van der Waals surface area contributed by atoms with Gasteiger partial charge in [0.25, 0.3) is 0 Å². The highest BCUT2D eigenvalue weighted by Gasteiger charge is 2.11. The Morgan fingerprint density at radius 2 is 1.72 bits per heavy atom. The standard InChI is InChI=1S/C22H16F2N2O3/c1-29-21-7-4-13(18-10-14-8-16(23)17(24)11-19(14)26-18)9-20(21)25-15-5-2-12(3-6-15)22(27)28/h2-11,25-26H,1H3,(H,27,28). The molecule has 0 bridgehead atoms. The fourth-order valence-electron chi connectivity index (χ4n) is 3.11. The monoisotopic (exact) mass is 394 g/mol. The molecule has 4 aromatic rings. The summed E-state index contributed by atoms with van der Waals surface area (Å²) in [6.45, 7) is 0. The van der Waals surface area contributed by atoms with Crippen LogP contribution in [0.15, 0.2) is 60.7 Å². The Kier molecular flexibility index (Phi) is 4.64. The number of rotatable bonds is 5. The smallest absolute Gasteiger partial charge is 0.335 e. The third kappa shape index (κ3) is 3.62. The lowest BCUT2D eigenvalue weighted by atomic mass is 10.1. The predicted octanol–water partition coefficient (Wildman–Crippen LogP) is 5.56. The van der Waals surface area contributed by atoms with Crippen molar-refractivity contribution in [2.45, 2.75) is 0 Å². The van der Waals surface area contributed by atoms with Gasteiger partial charge in [0.1, 0.15) is 5.75 Å². The van der Waals surface area contributed by atoms with Crippen LogP contribution >= 0.6 is 0 Å². The third-order valence-corrected chi connectivity index (χ3v) is 4.58. The maximum Gasteiger partial charge on any atom is 0.335 e. The molecule has 4 rings (SSSR count). The van der Waals surface area contributed by atoms with Gasteiger partial charge in [0.05, 0.1) is 18.4 Å². The number of hydrogen-bond acceptors (Lipinski definition) is 3. The molecule has 3 N–H and O–H groups in total. The summed E-state index contributed by atoms with van der Waals surface area (Å²) in [5.41, 5.74) is 3.50. The molecule has 0 fully saturated rings. The lowest BCUT2D eigenvalue weighted by Gasteiger charge is -2.13. The van der Waals surface area contributed by atoms with Crippen LogP contribution in [0, 0.1) is 11.6 Å². The van der Waals surface area contributed by atoms with Crippen molar-refractivity contribution in [2.24, 2.45) is 0 Å². The normalized spacial score (nSPS) is 10.9. The van der Waals surface area contributed by atoms with Crippen LogP contribution < -0.4 is 10.1 Å². The number of nitrogens with one attached hydrogen (secondary N) is 2. The molecule has 1 heterocycles. The zero-order valence-electron chi connectivity index (χ0n) is 15.3. The van der Waals surface area contributed by atoms with Gasteiger partial charge in [0.15, 0.2) is 11.6 Å². The first-order valence-corrected chi connectivity index (χ1v) is 8.71. The lowest BCUT2D eigenvalue weighted by molar-refractivity contribution is 0.0697. The molecule has 0 radical (unpaired) electrons. The number of methoxy groups -OCH3 is 1. The maximum atomic E-state index is 13.5. The Morgan fingerprint density at radius 1 is 1.00 bits per heavy atom. The van der Waals surface area contributed by atoms with Gasteiger partial charge in [-0.2, -0.15) is 0 Å². The SMILES string of the molecule is COc1ccc(-c2cc3cc(F)c(F)cc3[nH]2)cc1Nc1ccc(C(=O)O)cc1. The molecular weight excluding hydrogens is 378 g/mol. The van der Waals surface area contributed by atoms with Crippen molar-refractivity contribution < 1.29 is 23.4 Å². The Hall–Kier alpha value is -3.87. The quantitative estimate of drug-likeness (QED) is 0.414. The van der Waals surface area contributed by atoms with E-state index in [1.165, 1.54) is 12.1 Å². The molecule has 1 aromatic heterocycles. The maximum absolute atomic E-state index is 13.5. The summed E-state index contributed by atoms with van der Waals surface area (Å²) in [6, 6.07) is 15.8. The summed E-state index contributed by atoms with van der Waals surface area (Å²) in [5.74, 6) is -2.22. The third-order valence-electron chi connectivity index (χ3n) is 4.58. The minimum Gasteiger partial charge on any atom is -0.495 e. The van der Waals surface area contributed by atoms with E-state index in [1.54, 1.807) is 31.4 Å². The average Bonchev–Trinajstić information content (AvgIpc) is 3.11. The van der Waals surface area contributed by atoms with Crippen molar-refractivity contribution in [3.63, 3.8) is 0 Å². The Balaban J connectivity index is 1.70. The van der Waals surface area contributed by atoms with Gasteiger partial charge in [0, 0.05) is 33.9 Å². The lowest BCUT2D eigenvalue weighted by Crippen LogP contribution is -1.98. The number of aromatic carboxylic acids is 1. The van der Waals surface area contributed by atoms with Crippen molar-refractivity contribution in [3.8, 4) is 17.0 Å². The number of halogens is 2. The first-order chi connectivity index (χ1) is 13.9. The van der Waals surface area contributed by atoms with Gasteiger partial charge < -0.3 is 20.1 Å². The molecule has 0 spiro atoms. The van der Waals surface area contributed by atoms with Gasteiger partial charge in [-0.3, -0.25) is 0 Å². The number of H-pyrrole nitrogens is 1. The van der Waals surface area contributed by atoms with Gasteiger partial charge in [-0.15, -0.1) is 0 Å². The number of hydrogen-bond donors (Lipinski definition) is 3. The van der Waals surface area contributed by atoms with Crippen LogP contribution in [0.4, 0.5) is 20.2 Å². The predicted molar refractivity (Wildman–Crippen MR) is 107 cm³/mol. The molecule has 29 heavy (non-hydrogen) atoms. The molecule has 0 aliphatic carbocycles. The van der Waals surface area contributed by atoms with Crippen LogP contribution in [0.1, 0.15) is 10.4 Å². The largest absolute Gasteiger partial charge is 0.495 e. The Morgan fingerprint density at radius 3 is 2.41 bits per heavy atom. The zero-order valence-corrected chi connectivity index (χ0v) is 15.3. The van der Waals surface area contributed by atoms with E-state index in [1.807, 2.05) is 12.1 Å². The minimum atomic E-state index is -0.997. The van der Waals surface area contributed by atoms with Gasteiger partial charge >= 0.3 is 5.97 Å². The van der Waals surface area contributed by atoms with E-state index in [0.29, 0.717) is 33.7 Å². The van der Waals surface area contributed by atoms with Crippen LogP contribution in [0.5, 0.6) is 5.75 Å². The first-order valence-electron chi connectivity index (χ1n) is 8.71. The highest BCUT2D eigenvalue weighted by Crippen LogP contribution is 2.34. The van der Waals surface area contributed by atoms with Gasteiger partial charge in [0.2, 0.25) is 0 Å². The molecule has 5 nitrogen and oxygen atoms in total. The molecule has 0 saturated heterocycles. The van der Waals surface area contributed by atoms with Crippen LogP contribution in [0.3, 0.4) is 0 Å². The highest BCUT2D eigenvalue weighted by atomic mass is 19.2. The number of carbonyl (C=O) groups is 1. The zero-order chi connectivity index (χ0) is 20.5. The molecule has 0 aliphatic heterocycles. The van der Waals surface area contributed by atoms with Crippen molar-refractivity contribution >= 4 is 28.2 Å². The van der Waals surface area contributed by atoms with E-state index in [4.69, 9.17) is 9.84 Å². The number of carboxylic acids is 1. The summed E-state index contributed by atoms with van der Waals surface area (Å²) in [5, 5.41) is 12.8. The fraction of sp³-hybridized carbons (Fsp3) is 0.0455. The molecule has 7 heteroatoms. The van der Waals surface area contributed by atoms with Crippen molar-refractivity contribution in [2.75, 3.05) is 12.4 Å². The molecule has 146 valence electrons. The molecule has 3 aromatic carbocycles. The second-order valence-corrected chi connectivity index (χ2v) is 6.46. The second kappa shape index (κ2) is 7.27. The van der Waals surface area contributed by atoms with Crippen LogP contribution in [-0.2, 0) is 0 Å². The number of fused-ring (bicyclic) bond motifs is 1. The van der Waals surface area contributed by atoms with E-state index in [9.17, 15) is 13.6 Å². The van der Waals surface area contributed by atoms with E-state index < -0.39 is 17.6 Å². The number of aromatic nitrogens is 1. The van der Waals surface area contributed by atoms with Crippen LogP contribution in [0.2, 0.25) is 0 Å². The summed E-state index contributed by atoms with van der Waals surface area (Å²) in [7, 11) is 1.54. The first kappa shape index (κ1) is 18.5. The highest BCUT2D eigenvalue weighted by molar-refractivity contribution is 5.89. The topological polar surface area (TPSA) is 74.3 Å². The second-order valence-electron chi connectivity index (χ2n) is 6.46. The van der Waals surface area contributed by atoms with Crippen LogP contribution in [-0.4, -0.2) is 23.2 Å². The Labute approximate surface area is 164 Å². The minimum absolute atomic E-state index is 0.189. The number of anilines is 2. The number of carboxylic acid groups (broad SMARTS) is 1. The van der Waals surface area contributed by atoms with Crippen molar-refractivity contribution in [3.05, 3.63) is 77.9 Å². The summed E-state index contributed by atoms with van der Waals surface area (Å²) < 4.78 is 32.4. The Bertz CT molecular complexity index is 1180. The number of benzene rings is 3. The molecule has 0 unspecified atom stereocenters. The van der Waals surface area contributed by atoms with E-state index in [2.05, 4.69) is 10.3 Å². The van der Waals surface area contributed by atoms with Gasteiger partial charge in [-0.05, 0) is 54.6 Å². The molecule has 0 amide bonds. The molecule has 0 atom stereocenters. The average molecular weight is 394 g/mol. The van der Waals surface area contributed by atoms with E-state index in [0.717, 1.165) is 17.7 Å². The molecule has 0 aliphatic rings. The van der Waals surface area contributed by atoms with Gasteiger partial charge in [-0.1, -0.05) is 0 Å². The summed E-state index contributed by atoms with van der Waals surface area (Å²) >= 11 is 0. The van der Waals surface area contributed by atoms with Crippen LogP contribution in [0.25, 0.3) is 22.2 Å². The fourth-order valence-corrected chi connectivity index (χ4v) is 3.11. The summed E-state index contributed by atoms with van der Waals surface area (Å²) in [4.78, 5) is 14.1. The van der Waals surface area contributed by atoms with Crippen molar-refractivity contribution in [1.82, 2.24) is 4.98 Å². The number of ether oxygens (including phenoxy) is 1. The van der Waals surface area contributed by atoms with E-state index in [-0.39, 0.29) is 5.56 Å². The van der Waals surface area contributed by atoms with Gasteiger partial charge in [-0.25, -0.2) is 13.6 Å². The number of aromatic amines is 1. The van der Waals surface area contributed by atoms with Crippen molar-refractivity contribution in [1.29, 1.82) is 0 Å². The summed E-state index contributed by atoms with van der Waals surface area (Å²) in [6.07, 6.45) is 0.